The van der Waals surface area contributed by atoms with Crippen LogP contribution in [-0.4, -0.2) is 5.11 Å². The molecule has 0 bridgehead atoms. The first-order chi connectivity index (χ1) is 10.3. The first-order valence-corrected chi connectivity index (χ1v) is 6.68. The van der Waals surface area contributed by atoms with Crippen LogP contribution in [0.5, 0.6) is 0 Å². The van der Waals surface area contributed by atoms with Gasteiger partial charge in [0.25, 0.3) is 0 Å². The molecule has 0 atom stereocenters. The predicted octanol–water partition coefficient (Wildman–Crippen LogP) is 4.96. The van der Waals surface area contributed by atoms with E-state index in [0.717, 1.165) is 6.07 Å². The minimum absolute atomic E-state index is 0.00796. The third-order valence-electron chi connectivity index (χ3n) is 2.92. The number of hydrogen-bond donors (Lipinski definition) is 2. The lowest BCUT2D eigenvalue weighted by atomic mass is 10.1. The highest BCUT2D eigenvalue weighted by Crippen LogP contribution is 2.34. The van der Waals surface area contributed by atoms with E-state index >= 15 is 0 Å². The predicted molar refractivity (Wildman–Crippen MR) is 82.4 cm³/mol. The molecule has 22 heavy (non-hydrogen) atoms. The van der Waals surface area contributed by atoms with Gasteiger partial charge in [0.2, 0.25) is 0 Å². The van der Waals surface area contributed by atoms with Gasteiger partial charge in [-0.2, -0.15) is 13.2 Å². The van der Waals surface area contributed by atoms with Crippen molar-refractivity contribution in [1.82, 2.24) is 0 Å². The lowest BCUT2D eigenvalue weighted by Gasteiger charge is -2.16. The largest absolute Gasteiger partial charge is 0.418 e. The zero-order valence-corrected chi connectivity index (χ0v) is 12.3. The van der Waals surface area contributed by atoms with E-state index in [-0.39, 0.29) is 10.8 Å². The summed E-state index contributed by atoms with van der Waals surface area (Å²) in [4.78, 5) is 0. The molecule has 0 aliphatic rings. The van der Waals surface area contributed by atoms with Gasteiger partial charge in [-0.15, -0.1) is 0 Å². The fourth-order valence-corrected chi connectivity index (χ4v) is 2.10. The summed E-state index contributed by atoms with van der Waals surface area (Å²) in [6.07, 6.45) is -4.48. The Labute approximate surface area is 130 Å². The number of anilines is 2. The van der Waals surface area contributed by atoms with Gasteiger partial charge in [0.15, 0.2) is 5.11 Å². The number of rotatable bonds is 2. The average molecular weight is 328 g/mol. The van der Waals surface area contributed by atoms with Gasteiger partial charge >= 0.3 is 6.18 Å². The SMILES string of the molecule is Cc1cc(F)ccc1NC(=S)Nc1ccccc1C(F)(F)F. The molecule has 0 saturated carbocycles. The number of nitrogens with one attached hydrogen (secondary N) is 2. The molecule has 0 aliphatic carbocycles. The molecule has 2 nitrogen and oxygen atoms in total. The summed E-state index contributed by atoms with van der Waals surface area (Å²) in [5, 5.41) is 5.26. The first-order valence-electron chi connectivity index (χ1n) is 6.28. The molecule has 2 aromatic carbocycles. The van der Waals surface area contributed by atoms with Gasteiger partial charge in [0, 0.05) is 5.69 Å². The Hall–Kier alpha value is -2.15. The molecule has 2 N–H and O–H groups in total. The van der Waals surface area contributed by atoms with E-state index in [1.165, 1.54) is 36.4 Å². The second kappa shape index (κ2) is 6.31. The second-order valence-corrected chi connectivity index (χ2v) is 4.99. The van der Waals surface area contributed by atoms with Crippen LogP contribution in [0.2, 0.25) is 0 Å². The molecule has 0 spiro atoms. The van der Waals surface area contributed by atoms with E-state index in [1.54, 1.807) is 6.92 Å². The normalized spacial score (nSPS) is 11.1. The zero-order chi connectivity index (χ0) is 16.3. The lowest BCUT2D eigenvalue weighted by Crippen LogP contribution is -2.22. The Balaban J connectivity index is 2.16. The van der Waals surface area contributed by atoms with Crippen LogP contribution in [0.15, 0.2) is 42.5 Å². The molecule has 0 fully saturated rings. The van der Waals surface area contributed by atoms with Crippen molar-refractivity contribution in [3.8, 4) is 0 Å². The maximum absolute atomic E-state index is 13.0. The van der Waals surface area contributed by atoms with Crippen molar-refractivity contribution in [2.75, 3.05) is 10.6 Å². The quantitative estimate of drug-likeness (QED) is 0.602. The Morgan fingerprint density at radius 1 is 1.00 bits per heavy atom. The Morgan fingerprint density at radius 3 is 2.27 bits per heavy atom. The molecule has 0 saturated heterocycles. The number of para-hydroxylation sites is 1. The number of thiocarbonyl (C=S) groups is 1. The number of aryl methyl sites for hydroxylation is 1. The maximum Gasteiger partial charge on any atom is 0.418 e. The summed E-state index contributed by atoms with van der Waals surface area (Å²) < 4.78 is 51.7. The van der Waals surface area contributed by atoms with E-state index in [9.17, 15) is 17.6 Å². The number of hydrogen-bond acceptors (Lipinski definition) is 1. The van der Waals surface area contributed by atoms with Crippen molar-refractivity contribution >= 4 is 28.7 Å². The molecule has 0 unspecified atom stereocenters. The van der Waals surface area contributed by atoms with E-state index < -0.39 is 17.6 Å². The highest BCUT2D eigenvalue weighted by molar-refractivity contribution is 7.80. The number of benzene rings is 2. The smallest absolute Gasteiger partial charge is 0.332 e. The van der Waals surface area contributed by atoms with Gasteiger partial charge in [-0.05, 0) is 55.0 Å². The van der Waals surface area contributed by atoms with Crippen LogP contribution in [0.4, 0.5) is 28.9 Å². The first kappa shape index (κ1) is 16.2. The fraction of sp³-hybridized carbons (Fsp3) is 0.133. The maximum atomic E-state index is 13.0. The van der Waals surface area contributed by atoms with Crippen LogP contribution >= 0.6 is 12.2 Å². The van der Waals surface area contributed by atoms with E-state index in [2.05, 4.69) is 10.6 Å². The van der Waals surface area contributed by atoms with Gasteiger partial charge < -0.3 is 10.6 Å². The van der Waals surface area contributed by atoms with Gasteiger partial charge in [-0.3, -0.25) is 0 Å². The lowest BCUT2D eigenvalue weighted by molar-refractivity contribution is -0.136. The van der Waals surface area contributed by atoms with Crippen LogP contribution in [0.1, 0.15) is 11.1 Å². The standard InChI is InChI=1S/C15H12F4N2S/c1-9-8-10(16)6-7-12(9)20-14(22)21-13-5-3-2-4-11(13)15(17,18)19/h2-8H,1H3,(H2,20,21,22). The summed E-state index contributed by atoms with van der Waals surface area (Å²) in [6.45, 7) is 1.66. The molecule has 7 heteroatoms. The molecule has 116 valence electrons. The topological polar surface area (TPSA) is 24.1 Å². The van der Waals surface area contributed by atoms with Crippen molar-refractivity contribution in [3.63, 3.8) is 0 Å². The monoisotopic (exact) mass is 328 g/mol. The molecule has 2 rings (SSSR count). The van der Waals surface area contributed by atoms with Crippen LogP contribution in [-0.2, 0) is 6.18 Å². The summed E-state index contributed by atoms with van der Waals surface area (Å²) in [6, 6.07) is 9.03. The summed E-state index contributed by atoms with van der Waals surface area (Å²) >= 11 is 5.01. The van der Waals surface area contributed by atoms with Gasteiger partial charge in [-0.1, -0.05) is 12.1 Å². The molecule has 0 heterocycles. The minimum Gasteiger partial charge on any atom is -0.332 e. The van der Waals surface area contributed by atoms with Crippen LogP contribution < -0.4 is 10.6 Å². The molecule has 2 aromatic rings. The molecule has 0 aromatic heterocycles. The minimum atomic E-state index is -4.48. The van der Waals surface area contributed by atoms with E-state index in [4.69, 9.17) is 12.2 Å². The van der Waals surface area contributed by atoms with Crippen LogP contribution in [0.3, 0.4) is 0 Å². The Kier molecular flexibility index (Phi) is 4.65. The second-order valence-electron chi connectivity index (χ2n) is 4.58. The third-order valence-corrected chi connectivity index (χ3v) is 3.12. The van der Waals surface area contributed by atoms with Crippen molar-refractivity contribution < 1.29 is 17.6 Å². The highest BCUT2D eigenvalue weighted by atomic mass is 32.1. The van der Waals surface area contributed by atoms with Crippen molar-refractivity contribution in [1.29, 1.82) is 0 Å². The molecule has 0 radical (unpaired) electrons. The number of halogens is 4. The van der Waals surface area contributed by atoms with Crippen molar-refractivity contribution in [2.24, 2.45) is 0 Å². The highest BCUT2D eigenvalue weighted by Gasteiger charge is 2.33. The molecular formula is C15H12F4N2S. The molecule has 0 amide bonds. The Bertz CT molecular complexity index is 698. The van der Waals surface area contributed by atoms with Crippen LogP contribution in [0, 0.1) is 12.7 Å². The summed E-state index contributed by atoms with van der Waals surface area (Å²) in [5.41, 5.74) is 0.152. The average Bonchev–Trinajstić information content (AvgIpc) is 2.41. The van der Waals surface area contributed by atoms with Crippen molar-refractivity contribution in [2.45, 2.75) is 13.1 Å². The van der Waals surface area contributed by atoms with E-state index in [0.29, 0.717) is 11.3 Å². The zero-order valence-electron chi connectivity index (χ0n) is 11.5. The molecular weight excluding hydrogens is 316 g/mol. The Morgan fingerprint density at radius 2 is 1.64 bits per heavy atom. The summed E-state index contributed by atoms with van der Waals surface area (Å²) in [7, 11) is 0. The fourth-order valence-electron chi connectivity index (χ4n) is 1.88. The van der Waals surface area contributed by atoms with E-state index in [1.807, 2.05) is 0 Å². The summed E-state index contributed by atoms with van der Waals surface area (Å²) in [5.74, 6) is -0.399. The molecule has 0 aliphatic heterocycles. The van der Waals surface area contributed by atoms with Gasteiger partial charge in [0.05, 0.1) is 11.3 Å². The third kappa shape index (κ3) is 3.94. The van der Waals surface area contributed by atoms with Gasteiger partial charge in [-0.25, -0.2) is 4.39 Å². The number of alkyl halides is 3. The van der Waals surface area contributed by atoms with Gasteiger partial charge in [0.1, 0.15) is 5.82 Å². The van der Waals surface area contributed by atoms with Crippen LogP contribution in [0.25, 0.3) is 0 Å². The van der Waals surface area contributed by atoms with Crippen molar-refractivity contribution in [3.05, 3.63) is 59.4 Å².